The summed E-state index contributed by atoms with van der Waals surface area (Å²) in [5, 5.41) is 10.7. The molecule has 0 radical (unpaired) electrons. The molecule has 0 aliphatic rings. The maximum atomic E-state index is 13.1. The lowest BCUT2D eigenvalue weighted by atomic mass is 9.99. The molecule has 0 aromatic carbocycles. The number of carbonyl (C=O) groups excluding carboxylic acids is 4. The summed E-state index contributed by atoms with van der Waals surface area (Å²) in [6.07, 6.45) is 59.6. The smallest absolute Gasteiger partial charge is 0.462 e. The number of unbranched alkanes of at least 4 members (excludes halogenated alkanes) is 44. The fourth-order valence-corrected chi connectivity index (χ4v) is 14.3. The van der Waals surface area contributed by atoms with Crippen molar-refractivity contribution in [1.82, 2.24) is 0 Å². The minimum absolute atomic E-state index is 0.107. The molecule has 0 saturated carbocycles. The maximum Gasteiger partial charge on any atom is 0.472 e. The van der Waals surface area contributed by atoms with Crippen LogP contribution in [0.25, 0.3) is 0 Å². The van der Waals surface area contributed by atoms with E-state index < -0.39 is 97.5 Å². The highest BCUT2D eigenvalue weighted by molar-refractivity contribution is 7.47. The van der Waals surface area contributed by atoms with Crippen LogP contribution >= 0.6 is 15.6 Å². The van der Waals surface area contributed by atoms with Crippen LogP contribution in [0.4, 0.5) is 0 Å². The number of rotatable bonds is 80. The first kappa shape index (κ1) is 100. The zero-order chi connectivity index (χ0) is 75.3. The largest absolute Gasteiger partial charge is 0.472 e. The predicted octanol–water partition coefficient (Wildman–Crippen LogP) is 24.8. The Morgan fingerprint density at radius 1 is 0.275 bits per heavy atom. The van der Waals surface area contributed by atoms with Crippen LogP contribution in [0.3, 0.4) is 0 Å². The van der Waals surface area contributed by atoms with E-state index in [0.717, 1.165) is 114 Å². The van der Waals surface area contributed by atoms with Crippen LogP contribution in [-0.4, -0.2) is 96.7 Å². The van der Waals surface area contributed by atoms with E-state index in [0.29, 0.717) is 31.6 Å². The topological polar surface area (TPSA) is 237 Å². The highest BCUT2D eigenvalue weighted by Crippen LogP contribution is 2.45. The first-order valence-corrected chi connectivity index (χ1v) is 45.8. The number of hydrogen-bond acceptors (Lipinski definition) is 15. The number of esters is 4. The average Bonchev–Trinajstić information content (AvgIpc) is 0.957. The Bertz CT molecular complexity index is 1990. The molecule has 0 amide bonds. The SMILES string of the molecule is CCC(C)CCCCCCCCCCCCCCCCC(=O)OC[C@H](COP(=O)(O)OCC(O)COP(=O)(O)OC[C@@H](COC(=O)CCCCCCCCCC(C)C)OC(=O)CCCCCCCCCCCCCCCCC(C)CC)OC(=O)CCCCCCCCCCCCCCCC(C)C. The van der Waals surface area contributed by atoms with E-state index in [9.17, 15) is 43.2 Å². The number of phosphoric ester groups is 2. The highest BCUT2D eigenvalue weighted by Gasteiger charge is 2.30. The Kier molecular flexibility index (Phi) is 70.6. The summed E-state index contributed by atoms with van der Waals surface area (Å²) >= 11 is 0. The summed E-state index contributed by atoms with van der Waals surface area (Å²) < 4.78 is 68.8. The summed E-state index contributed by atoms with van der Waals surface area (Å²) in [5.41, 5.74) is 0. The number of phosphoric acid groups is 2. The van der Waals surface area contributed by atoms with Crippen LogP contribution < -0.4 is 0 Å². The second kappa shape index (κ2) is 72.0. The third-order valence-corrected chi connectivity index (χ3v) is 21.9. The molecule has 606 valence electrons. The van der Waals surface area contributed by atoms with Gasteiger partial charge in [0.25, 0.3) is 0 Å². The minimum atomic E-state index is -4.96. The van der Waals surface area contributed by atoms with Crippen molar-refractivity contribution in [1.29, 1.82) is 0 Å². The van der Waals surface area contributed by atoms with E-state index in [4.69, 9.17) is 37.0 Å². The van der Waals surface area contributed by atoms with Gasteiger partial charge in [-0.15, -0.1) is 0 Å². The van der Waals surface area contributed by atoms with Crippen molar-refractivity contribution in [3.8, 4) is 0 Å². The summed E-state index contributed by atoms with van der Waals surface area (Å²) in [5.74, 6) is 1.08. The van der Waals surface area contributed by atoms with Gasteiger partial charge in [-0.3, -0.25) is 37.3 Å². The third-order valence-electron chi connectivity index (χ3n) is 20.0. The van der Waals surface area contributed by atoms with Gasteiger partial charge >= 0.3 is 39.5 Å². The number of carbonyl (C=O) groups is 4. The predicted molar refractivity (Wildman–Crippen MR) is 418 cm³/mol. The van der Waals surface area contributed by atoms with E-state index in [-0.39, 0.29) is 25.7 Å². The van der Waals surface area contributed by atoms with Crippen LogP contribution in [0, 0.1) is 23.7 Å². The van der Waals surface area contributed by atoms with Gasteiger partial charge in [0.05, 0.1) is 26.4 Å². The van der Waals surface area contributed by atoms with E-state index in [1.54, 1.807) is 0 Å². The lowest BCUT2D eigenvalue weighted by Crippen LogP contribution is -2.30. The Morgan fingerprint density at radius 3 is 0.696 bits per heavy atom. The molecule has 0 aliphatic carbocycles. The molecule has 3 N–H and O–H groups in total. The number of ether oxygens (including phenoxy) is 4. The number of aliphatic hydroxyl groups excluding tert-OH is 1. The molecule has 0 rings (SSSR count). The monoisotopic (exact) mass is 1490 g/mol. The summed E-state index contributed by atoms with van der Waals surface area (Å²) in [6, 6.07) is 0. The van der Waals surface area contributed by atoms with Crippen LogP contribution in [0.2, 0.25) is 0 Å². The molecule has 19 heteroatoms. The molecule has 0 aliphatic heterocycles. The maximum absolute atomic E-state index is 13.1. The van der Waals surface area contributed by atoms with E-state index in [1.165, 1.54) is 225 Å². The average molecular weight is 1490 g/mol. The van der Waals surface area contributed by atoms with Crippen LogP contribution in [0.5, 0.6) is 0 Å². The molecule has 0 heterocycles. The molecule has 0 bridgehead atoms. The van der Waals surface area contributed by atoms with Crippen LogP contribution in [0.1, 0.15) is 428 Å². The molecule has 0 aromatic rings. The Morgan fingerprint density at radius 2 is 0.471 bits per heavy atom. The number of hydrogen-bond donors (Lipinski definition) is 3. The molecule has 0 spiro atoms. The quantitative estimate of drug-likeness (QED) is 0.0222. The van der Waals surface area contributed by atoms with E-state index in [2.05, 4.69) is 55.4 Å². The molecular weight excluding hydrogens is 1330 g/mol. The second-order valence-corrected chi connectivity index (χ2v) is 34.2. The minimum Gasteiger partial charge on any atom is -0.462 e. The van der Waals surface area contributed by atoms with Crippen molar-refractivity contribution < 1.29 is 80.2 Å². The molecule has 102 heavy (non-hydrogen) atoms. The van der Waals surface area contributed by atoms with Crippen molar-refractivity contribution >= 4 is 39.5 Å². The van der Waals surface area contributed by atoms with Crippen LogP contribution in [-0.2, 0) is 65.4 Å². The molecule has 17 nitrogen and oxygen atoms in total. The fraction of sp³-hybridized carbons (Fsp3) is 0.952. The highest BCUT2D eigenvalue weighted by atomic mass is 31.2. The zero-order valence-electron chi connectivity index (χ0n) is 67.2. The third kappa shape index (κ3) is 73.6. The van der Waals surface area contributed by atoms with Crippen molar-refractivity contribution in [2.45, 2.75) is 446 Å². The van der Waals surface area contributed by atoms with Gasteiger partial charge in [-0.1, -0.05) is 376 Å². The van der Waals surface area contributed by atoms with Crippen molar-refractivity contribution in [3.05, 3.63) is 0 Å². The Hall–Kier alpha value is -1.94. The molecule has 0 saturated heterocycles. The normalized spacial score (nSPS) is 14.5. The van der Waals surface area contributed by atoms with E-state index >= 15 is 0 Å². The molecule has 5 unspecified atom stereocenters. The van der Waals surface area contributed by atoms with Crippen molar-refractivity contribution in [2.24, 2.45) is 23.7 Å². The fourth-order valence-electron chi connectivity index (χ4n) is 12.7. The van der Waals surface area contributed by atoms with Gasteiger partial charge in [0.2, 0.25) is 0 Å². The summed E-state index contributed by atoms with van der Waals surface area (Å²) in [4.78, 5) is 73.1. The molecular formula is C83H162O17P2. The van der Waals surface area contributed by atoms with E-state index in [1.807, 2.05) is 0 Å². The van der Waals surface area contributed by atoms with Gasteiger partial charge in [-0.2, -0.15) is 0 Å². The molecule has 7 atom stereocenters. The van der Waals surface area contributed by atoms with Crippen molar-refractivity contribution in [3.63, 3.8) is 0 Å². The van der Waals surface area contributed by atoms with Gasteiger partial charge in [0.15, 0.2) is 12.2 Å². The van der Waals surface area contributed by atoms with Gasteiger partial charge in [0.1, 0.15) is 19.3 Å². The first-order valence-electron chi connectivity index (χ1n) is 42.8. The van der Waals surface area contributed by atoms with Gasteiger partial charge < -0.3 is 33.8 Å². The van der Waals surface area contributed by atoms with Gasteiger partial charge in [0, 0.05) is 25.7 Å². The standard InChI is InChI=1S/C83H162O17P2/c1-9-75(7)61-53-45-37-29-23-17-11-13-19-25-31-39-47-55-63-80(85)93-69-78(99-82(87)66-58-50-41-33-27-21-15-16-22-28-35-43-51-59-73(3)4)71-97-101(89,90)95-67-77(84)68-96-102(91,92)98-72-79(70-94-81(86)64-56-48-42-34-36-44-52-60-74(5)6)100-83(88)65-57-49-40-32-26-20-14-12-18-24-30-38-46-54-62-76(8)10-2/h73-79,84H,9-72H2,1-8H3,(H,89,90)(H,91,92)/t75?,76?,77?,78-,79-/m1/s1. The molecule has 0 fully saturated rings. The second-order valence-electron chi connectivity index (χ2n) is 31.3. The summed E-state index contributed by atoms with van der Waals surface area (Å²) in [6.45, 7) is 14.3. The zero-order valence-corrected chi connectivity index (χ0v) is 69.0. The van der Waals surface area contributed by atoms with Gasteiger partial charge in [-0.05, 0) is 49.4 Å². The Labute approximate surface area is 626 Å². The lowest BCUT2D eigenvalue weighted by Gasteiger charge is -2.21. The Balaban J connectivity index is 5.24. The molecule has 0 aromatic heterocycles. The lowest BCUT2D eigenvalue weighted by molar-refractivity contribution is -0.161. The first-order chi connectivity index (χ1) is 49.2. The van der Waals surface area contributed by atoms with Gasteiger partial charge in [-0.25, -0.2) is 9.13 Å². The van der Waals surface area contributed by atoms with Crippen LogP contribution in [0.15, 0.2) is 0 Å². The summed E-state index contributed by atoms with van der Waals surface area (Å²) in [7, 11) is -9.93. The number of aliphatic hydroxyl groups is 1. The van der Waals surface area contributed by atoms with Crippen molar-refractivity contribution in [2.75, 3.05) is 39.6 Å².